The van der Waals surface area contributed by atoms with E-state index in [1.54, 1.807) is 12.1 Å². The zero-order valence-corrected chi connectivity index (χ0v) is 16.1. The molecular formula is C24H23N3O2. The number of phenols is 2. The first kappa shape index (κ1) is 19.0. The van der Waals surface area contributed by atoms with Crippen LogP contribution in [0.4, 0.5) is 0 Å². The number of hydrogen-bond donors (Lipinski definition) is 2. The van der Waals surface area contributed by atoms with E-state index in [1.807, 2.05) is 60.7 Å². The Bertz CT molecular complexity index is 971. The van der Waals surface area contributed by atoms with E-state index < -0.39 is 0 Å². The molecular weight excluding hydrogens is 362 g/mol. The van der Waals surface area contributed by atoms with Gasteiger partial charge in [-0.25, -0.2) is 0 Å². The van der Waals surface area contributed by atoms with Gasteiger partial charge in [0, 0.05) is 37.3 Å². The van der Waals surface area contributed by atoms with Gasteiger partial charge in [-0.2, -0.15) is 5.26 Å². The van der Waals surface area contributed by atoms with E-state index in [9.17, 15) is 10.2 Å². The van der Waals surface area contributed by atoms with Crippen LogP contribution in [0.25, 0.3) is 0 Å². The van der Waals surface area contributed by atoms with Gasteiger partial charge in [-0.15, -0.1) is 0 Å². The largest absolute Gasteiger partial charge is 0.508 e. The average Bonchev–Trinajstić information content (AvgIpc) is 3.13. The topological polar surface area (TPSA) is 70.7 Å². The lowest BCUT2D eigenvalue weighted by Crippen LogP contribution is -2.30. The molecule has 0 aromatic heterocycles. The lowest BCUT2D eigenvalue weighted by molar-refractivity contribution is 0.124. The molecule has 1 aliphatic heterocycles. The van der Waals surface area contributed by atoms with Crippen molar-refractivity contribution in [1.29, 1.82) is 5.26 Å². The highest BCUT2D eigenvalue weighted by molar-refractivity contribution is 5.36. The molecule has 0 saturated carbocycles. The average molecular weight is 385 g/mol. The molecule has 3 aromatic rings. The summed E-state index contributed by atoms with van der Waals surface area (Å²) in [6.07, 6.45) is -0.0121. The maximum absolute atomic E-state index is 10.2. The first-order valence-corrected chi connectivity index (χ1v) is 9.67. The van der Waals surface area contributed by atoms with Gasteiger partial charge in [0.25, 0.3) is 0 Å². The molecule has 2 N–H and O–H groups in total. The summed E-state index contributed by atoms with van der Waals surface area (Å²) in [5, 5.41) is 29.6. The van der Waals surface area contributed by atoms with E-state index >= 15 is 0 Å². The first-order chi connectivity index (χ1) is 14.2. The Balaban J connectivity index is 1.64. The number of phenolic OH excluding ortho intramolecular Hbond substituents is 2. The third kappa shape index (κ3) is 4.09. The van der Waals surface area contributed by atoms with Crippen molar-refractivity contribution < 1.29 is 10.2 Å². The van der Waals surface area contributed by atoms with Crippen LogP contribution in [0.1, 0.15) is 28.4 Å². The highest BCUT2D eigenvalue weighted by atomic mass is 16.3. The molecule has 5 nitrogen and oxygen atoms in total. The summed E-state index contributed by atoms with van der Waals surface area (Å²) < 4.78 is 0. The van der Waals surface area contributed by atoms with E-state index in [0.717, 1.165) is 29.8 Å². The van der Waals surface area contributed by atoms with E-state index in [2.05, 4.69) is 15.9 Å². The van der Waals surface area contributed by atoms with Crippen molar-refractivity contribution in [2.24, 2.45) is 0 Å². The summed E-state index contributed by atoms with van der Waals surface area (Å²) in [4.78, 5) is 4.63. The third-order valence-corrected chi connectivity index (χ3v) is 5.43. The number of benzene rings is 3. The van der Waals surface area contributed by atoms with E-state index in [0.29, 0.717) is 30.2 Å². The van der Waals surface area contributed by atoms with Crippen LogP contribution >= 0.6 is 0 Å². The number of nitriles is 1. The number of aromatic hydroxyl groups is 2. The van der Waals surface area contributed by atoms with Crippen molar-refractivity contribution in [3.63, 3.8) is 0 Å². The summed E-state index contributed by atoms with van der Waals surface area (Å²) in [6.45, 7) is 2.92. The molecule has 146 valence electrons. The van der Waals surface area contributed by atoms with Crippen LogP contribution in [0, 0.1) is 11.3 Å². The Morgan fingerprint density at radius 2 is 1.24 bits per heavy atom. The molecule has 3 aromatic carbocycles. The van der Waals surface area contributed by atoms with Gasteiger partial charge in [0.1, 0.15) is 11.5 Å². The molecule has 0 radical (unpaired) electrons. The SMILES string of the molecule is N#Cc1ccc(C2N(Cc3ccccc3O)CCN2Cc2ccccc2O)cc1. The molecule has 1 fully saturated rings. The predicted octanol–water partition coefficient (Wildman–Crippen LogP) is 3.99. The molecule has 0 amide bonds. The minimum atomic E-state index is -0.0121. The quantitative estimate of drug-likeness (QED) is 0.695. The van der Waals surface area contributed by atoms with Crippen molar-refractivity contribution in [3.8, 4) is 17.6 Å². The van der Waals surface area contributed by atoms with E-state index in [4.69, 9.17) is 5.26 Å². The summed E-state index contributed by atoms with van der Waals surface area (Å²) >= 11 is 0. The zero-order chi connectivity index (χ0) is 20.2. The van der Waals surface area contributed by atoms with Crippen LogP contribution in [0.2, 0.25) is 0 Å². The molecule has 1 aliphatic rings. The Hall–Kier alpha value is -3.33. The number of nitrogens with zero attached hydrogens (tertiary/aromatic N) is 3. The van der Waals surface area contributed by atoms with Crippen LogP contribution in [-0.2, 0) is 13.1 Å². The molecule has 1 heterocycles. The highest BCUT2D eigenvalue weighted by Crippen LogP contribution is 2.35. The van der Waals surface area contributed by atoms with Crippen molar-refractivity contribution in [3.05, 3.63) is 95.1 Å². The van der Waals surface area contributed by atoms with Gasteiger partial charge >= 0.3 is 0 Å². The summed E-state index contributed by atoms with van der Waals surface area (Å²) in [7, 11) is 0. The van der Waals surface area contributed by atoms with Gasteiger partial charge in [-0.1, -0.05) is 48.5 Å². The molecule has 0 unspecified atom stereocenters. The fourth-order valence-corrected chi connectivity index (χ4v) is 3.94. The van der Waals surface area contributed by atoms with Gasteiger partial charge in [0.15, 0.2) is 0 Å². The molecule has 29 heavy (non-hydrogen) atoms. The second-order valence-corrected chi connectivity index (χ2v) is 7.31. The molecule has 5 heteroatoms. The predicted molar refractivity (Wildman–Crippen MR) is 111 cm³/mol. The van der Waals surface area contributed by atoms with Gasteiger partial charge < -0.3 is 10.2 Å². The molecule has 1 saturated heterocycles. The van der Waals surface area contributed by atoms with Crippen LogP contribution in [0.15, 0.2) is 72.8 Å². The second-order valence-electron chi connectivity index (χ2n) is 7.31. The normalized spacial score (nSPS) is 15.4. The Morgan fingerprint density at radius 3 is 1.69 bits per heavy atom. The molecule has 0 atom stereocenters. The fraction of sp³-hybridized carbons (Fsp3) is 0.208. The smallest absolute Gasteiger partial charge is 0.120 e. The summed E-state index contributed by atoms with van der Waals surface area (Å²) in [6, 6.07) is 24.6. The summed E-state index contributed by atoms with van der Waals surface area (Å²) in [5.74, 6) is 0.593. The number of hydrogen-bond acceptors (Lipinski definition) is 5. The lowest BCUT2D eigenvalue weighted by Gasteiger charge is -2.31. The van der Waals surface area contributed by atoms with Crippen molar-refractivity contribution in [1.82, 2.24) is 9.80 Å². The van der Waals surface area contributed by atoms with Crippen molar-refractivity contribution >= 4 is 0 Å². The highest BCUT2D eigenvalue weighted by Gasteiger charge is 2.33. The zero-order valence-electron chi connectivity index (χ0n) is 16.1. The molecule has 0 bridgehead atoms. The van der Waals surface area contributed by atoms with Gasteiger partial charge in [0.05, 0.1) is 17.8 Å². The van der Waals surface area contributed by atoms with Gasteiger partial charge in [-0.05, 0) is 29.8 Å². The molecule has 0 spiro atoms. The standard InChI is InChI=1S/C24H23N3O2/c25-15-18-9-11-19(12-10-18)24-26(16-20-5-1-3-7-22(20)28)13-14-27(24)17-21-6-2-4-8-23(21)29/h1-12,24,28-29H,13-14,16-17H2. The fourth-order valence-electron chi connectivity index (χ4n) is 3.94. The van der Waals surface area contributed by atoms with Crippen LogP contribution in [0.3, 0.4) is 0 Å². The third-order valence-electron chi connectivity index (χ3n) is 5.43. The second kappa shape index (κ2) is 8.36. The molecule has 4 rings (SSSR count). The Morgan fingerprint density at radius 1 is 0.759 bits per heavy atom. The van der Waals surface area contributed by atoms with Gasteiger partial charge in [-0.3, -0.25) is 9.80 Å². The van der Waals surface area contributed by atoms with E-state index in [1.165, 1.54) is 0 Å². The summed E-state index contributed by atoms with van der Waals surface area (Å²) in [5.41, 5.74) is 3.49. The van der Waals surface area contributed by atoms with Crippen LogP contribution in [0.5, 0.6) is 11.5 Å². The molecule has 0 aliphatic carbocycles. The van der Waals surface area contributed by atoms with Crippen LogP contribution in [-0.4, -0.2) is 33.1 Å². The minimum Gasteiger partial charge on any atom is -0.508 e. The van der Waals surface area contributed by atoms with Crippen LogP contribution < -0.4 is 0 Å². The maximum atomic E-state index is 10.2. The lowest BCUT2D eigenvalue weighted by atomic mass is 10.1. The minimum absolute atomic E-state index is 0.0121. The Labute approximate surface area is 170 Å². The van der Waals surface area contributed by atoms with Crippen molar-refractivity contribution in [2.45, 2.75) is 19.3 Å². The maximum Gasteiger partial charge on any atom is 0.120 e. The van der Waals surface area contributed by atoms with Crippen molar-refractivity contribution in [2.75, 3.05) is 13.1 Å². The number of rotatable bonds is 5. The van der Waals surface area contributed by atoms with E-state index in [-0.39, 0.29) is 6.17 Å². The monoisotopic (exact) mass is 385 g/mol. The van der Waals surface area contributed by atoms with Gasteiger partial charge in [0.2, 0.25) is 0 Å². The Kier molecular flexibility index (Phi) is 5.48. The first-order valence-electron chi connectivity index (χ1n) is 9.67. The number of para-hydroxylation sites is 2.